The maximum atomic E-state index is 5.73. The van der Waals surface area contributed by atoms with Crippen LogP contribution in [0.2, 0.25) is 0 Å². The molecule has 68 valence electrons. The smallest absolute Gasteiger partial charge is 0.122 e. The molecule has 0 radical (unpaired) electrons. The Morgan fingerprint density at radius 3 is 3.00 bits per heavy atom. The zero-order valence-electron chi connectivity index (χ0n) is 7.40. The van der Waals surface area contributed by atoms with Crippen molar-refractivity contribution in [1.29, 1.82) is 0 Å². The number of nitrogens with two attached hydrogens (primary N) is 1. The standard InChI is InChI=1S/C9H11N3O/c1-7-4-9(10)12(11-7)5-8-2-3-13-6-8/h2-4,6H,5,10H2,1H3. The molecule has 0 aromatic carbocycles. The fraction of sp³-hybridized carbons (Fsp3) is 0.222. The lowest BCUT2D eigenvalue weighted by molar-refractivity contribution is 0.560. The molecule has 0 spiro atoms. The van der Waals surface area contributed by atoms with Gasteiger partial charge in [-0.15, -0.1) is 0 Å². The van der Waals surface area contributed by atoms with Gasteiger partial charge in [-0.3, -0.25) is 0 Å². The molecule has 0 amide bonds. The molecule has 2 N–H and O–H groups in total. The van der Waals surface area contributed by atoms with Crippen LogP contribution >= 0.6 is 0 Å². The summed E-state index contributed by atoms with van der Waals surface area (Å²) < 4.78 is 6.70. The summed E-state index contributed by atoms with van der Waals surface area (Å²) in [7, 11) is 0. The number of hydrogen-bond donors (Lipinski definition) is 1. The summed E-state index contributed by atoms with van der Waals surface area (Å²) in [5, 5.41) is 4.24. The summed E-state index contributed by atoms with van der Waals surface area (Å²) in [6.07, 6.45) is 3.33. The highest BCUT2D eigenvalue weighted by molar-refractivity contribution is 5.31. The predicted molar refractivity (Wildman–Crippen MR) is 49.2 cm³/mol. The van der Waals surface area contributed by atoms with E-state index in [4.69, 9.17) is 10.2 Å². The van der Waals surface area contributed by atoms with Crippen LogP contribution in [0.3, 0.4) is 0 Å². The molecule has 2 rings (SSSR count). The lowest BCUT2D eigenvalue weighted by Gasteiger charge is -1.99. The maximum Gasteiger partial charge on any atom is 0.122 e. The molecule has 2 heterocycles. The number of nitrogen functional groups attached to an aromatic ring is 1. The van der Waals surface area contributed by atoms with Gasteiger partial charge in [0.15, 0.2) is 0 Å². The van der Waals surface area contributed by atoms with Gasteiger partial charge in [0.1, 0.15) is 5.82 Å². The Morgan fingerprint density at radius 2 is 2.46 bits per heavy atom. The minimum atomic E-state index is 0.663. The summed E-state index contributed by atoms with van der Waals surface area (Å²) in [5.41, 5.74) is 7.72. The van der Waals surface area contributed by atoms with Gasteiger partial charge in [0.25, 0.3) is 0 Å². The topological polar surface area (TPSA) is 57.0 Å². The fourth-order valence-corrected chi connectivity index (χ4v) is 1.25. The lowest BCUT2D eigenvalue weighted by Crippen LogP contribution is -2.04. The lowest BCUT2D eigenvalue weighted by atomic mass is 10.3. The third-order valence-electron chi connectivity index (χ3n) is 1.85. The van der Waals surface area contributed by atoms with Crippen LogP contribution < -0.4 is 5.73 Å². The van der Waals surface area contributed by atoms with Crippen LogP contribution in [0, 0.1) is 6.92 Å². The first-order valence-corrected chi connectivity index (χ1v) is 4.07. The summed E-state index contributed by atoms with van der Waals surface area (Å²) in [4.78, 5) is 0. The molecule has 0 atom stereocenters. The number of anilines is 1. The van der Waals surface area contributed by atoms with Crippen LogP contribution in [-0.2, 0) is 6.54 Å². The number of aryl methyl sites for hydroxylation is 1. The third-order valence-corrected chi connectivity index (χ3v) is 1.85. The summed E-state index contributed by atoms with van der Waals surface area (Å²) in [6, 6.07) is 3.75. The molecule has 0 aliphatic heterocycles. The van der Waals surface area contributed by atoms with Crippen molar-refractivity contribution in [3.8, 4) is 0 Å². The molecule has 2 aromatic rings. The molecule has 0 bridgehead atoms. The predicted octanol–water partition coefficient (Wildman–Crippen LogP) is 1.42. The first kappa shape index (κ1) is 7.91. The van der Waals surface area contributed by atoms with Crippen LogP contribution in [0.4, 0.5) is 5.82 Å². The van der Waals surface area contributed by atoms with Crippen LogP contribution in [0.15, 0.2) is 29.1 Å². The molecule has 0 saturated heterocycles. The van der Waals surface area contributed by atoms with Crippen LogP contribution in [0.1, 0.15) is 11.3 Å². The quantitative estimate of drug-likeness (QED) is 0.754. The summed E-state index contributed by atoms with van der Waals surface area (Å²) in [6.45, 7) is 2.58. The Bertz CT molecular complexity index is 389. The van der Waals surface area contributed by atoms with Crippen molar-refractivity contribution in [3.63, 3.8) is 0 Å². The second kappa shape index (κ2) is 2.97. The molecule has 2 aromatic heterocycles. The SMILES string of the molecule is Cc1cc(N)n(Cc2ccoc2)n1. The Balaban J connectivity index is 2.23. The van der Waals surface area contributed by atoms with E-state index in [1.807, 2.05) is 19.1 Å². The zero-order valence-corrected chi connectivity index (χ0v) is 7.40. The van der Waals surface area contributed by atoms with Gasteiger partial charge in [-0.1, -0.05) is 0 Å². The Hall–Kier alpha value is -1.71. The highest BCUT2D eigenvalue weighted by atomic mass is 16.3. The normalized spacial score (nSPS) is 10.5. The maximum absolute atomic E-state index is 5.73. The second-order valence-electron chi connectivity index (χ2n) is 3.00. The van der Waals surface area contributed by atoms with Gasteiger partial charge < -0.3 is 10.2 Å². The van der Waals surface area contributed by atoms with Gasteiger partial charge in [-0.25, -0.2) is 4.68 Å². The molecule has 0 saturated carbocycles. The van der Waals surface area contributed by atoms with E-state index in [9.17, 15) is 0 Å². The highest BCUT2D eigenvalue weighted by Gasteiger charge is 2.02. The molecular weight excluding hydrogens is 166 g/mol. The molecule has 4 heteroatoms. The largest absolute Gasteiger partial charge is 0.472 e. The van der Waals surface area contributed by atoms with Gasteiger partial charge in [-0.05, 0) is 13.0 Å². The van der Waals surface area contributed by atoms with Crippen molar-refractivity contribution >= 4 is 5.82 Å². The van der Waals surface area contributed by atoms with E-state index in [1.165, 1.54) is 0 Å². The van der Waals surface area contributed by atoms with Gasteiger partial charge in [0.2, 0.25) is 0 Å². The van der Waals surface area contributed by atoms with Gasteiger partial charge in [0.05, 0.1) is 24.8 Å². The minimum Gasteiger partial charge on any atom is -0.472 e. The van der Waals surface area contributed by atoms with Crippen molar-refractivity contribution in [2.24, 2.45) is 0 Å². The molecule has 0 aliphatic carbocycles. The van der Waals surface area contributed by atoms with Crippen molar-refractivity contribution in [2.45, 2.75) is 13.5 Å². The van der Waals surface area contributed by atoms with E-state index < -0.39 is 0 Å². The monoisotopic (exact) mass is 177 g/mol. The minimum absolute atomic E-state index is 0.663. The number of hydrogen-bond acceptors (Lipinski definition) is 3. The Kier molecular flexibility index (Phi) is 1.81. The molecule has 13 heavy (non-hydrogen) atoms. The van der Waals surface area contributed by atoms with Gasteiger partial charge >= 0.3 is 0 Å². The zero-order chi connectivity index (χ0) is 9.26. The number of nitrogens with zero attached hydrogens (tertiary/aromatic N) is 2. The van der Waals surface area contributed by atoms with Crippen molar-refractivity contribution in [3.05, 3.63) is 35.9 Å². The first-order valence-electron chi connectivity index (χ1n) is 4.07. The highest BCUT2D eigenvalue weighted by Crippen LogP contribution is 2.09. The molecule has 0 unspecified atom stereocenters. The summed E-state index contributed by atoms with van der Waals surface area (Å²) >= 11 is 0. The van der Waals surface area contributed by atoms with E-state index in [0.29, 0.717) is 12.4 Å². The van der Waals surface area contributed by atoms with Crippen LogP contribution in [-0.4, -0.2) is 9.78 Å². The van der Waals surface area contributed by atoms with Crippen LogP contribution in [0.5, 0.6) is 0 Å². The molecule has 0 fully saturated rings. The van der Waals surface area contributed by atoms with E-state index in [-0.39, 0.29) is 0 Å². The van der Waals surface area contributed by atoms with E-state index in [2.05, 4.69) is 5.10 Å². The average Bonchev–Trinajstić information content (AvgIpc) is 2.63. The Morgan fingerprint density at radius 1 is 1.62 bits per heavy atom. The van der Waals surface area contributed by atoms with E-state index in [1.54, 1.807) is 17.2 Å². The van der Waals surface area contributed by atoms with Crippen molar-refractivity contribution < 1.29 is 4.42 Å². The van der Waals surface area contributed by atoms with E-state index in [0.717, 1.165) is 11.3 Å². The van der Waals surface area contributed by atoms with Crippen molar-refractivity contribution in [1.82, 2.24) is 9.78 Å². The van der Waals surface area contributed by atoms with E-state index >= 15 is 0 Å². The van der Waals surface area contributed by atoms with Gasteiger partial charge in [-0.2, -0.15) is 5.10 Å². The van der Waals surface area contributed by atoms with Crippen LogP contribution in [0.25, 0.3) is 0 Å². The number of furan rings is 1. The summed E-state index contributed by atoms with van der Waals surface area (Å²) in [5.74, 6) is 0.679. The Labute approximate surface area is 76.0 Å². The van der Waals surface area contributed by atoms with Crippen molar-refractivity contribution in [2.75, 3.05) is 5.73 Å². The molecule has 0 aliphatic rings. The molecular formula is C9H11N3O. The van der Waals surface area contributed by atoms with Gasteiger partial charge in [0, 0.05) is 11.6 Å². The third kappa shape index (κ3) is 1.56. The second-order valence-corrected chi connectivity index (χ2v) is 3.00. The first-order chi connectivity index (χ1) is 6.25. The average molecular weight is 177 g/mol. The fourth-order valence-electron chi connectivity index (χ4n) is 1.25. The number of rotatable bonds is 2. The molecule has 4 nitrogen and oxygen atoms in total. The number of aromatic nitrogens is 2.